The normalized spacial score (nSPS) is 0. The first-order chi connectivity index (χ1) is 0. The van der Waals surface area contributed by atoms with Gasteiger partial charge in [0.15, 0.2) is 0 Å². The first-order valence-corrected chi connectivity index (χ1v) is 0. The van der Waals surface area contributed by atoms with Gasteiger partial charge in [-0.25, -0.2) is 0 Å². The van der Waals surface area contributed by atoms with Crippen molar-refractivity contribution in [3.63, 3.8) is 0 Å². The summed E-state index contributed by atoms with van der Waals surface area (Å²) in [5, 5.41) is 0. The molecule has 0 aliphatic rings. The van der Waals surface area contributed by atoms with Crippen LogP contribution in [0.25, 0.3) is 0 Å². The zero-order valence-electron chi connectivity index (χ0n) is 2.51. The minimum atomic E-state index is 0. The predicted octanol–water partition coefficient (Wildman–Crippen LogP) is 3.15. The summed E-state index contributed by atoms with van der Waals surface area (Å²) in [6.45, 7) is 0. The molecular weight excluding hydrogens is 447 g/mol. The largest absolute Gasteiger partial charge is 0.114 e. The van der Waals surface area contributed by atoms with Crippen LogP contribution < -0.4 is 0 Å². The van der Waals surface area contributed by atoms with Crippen molar-refractivity contribution in [3.8, 4) is 0 Å². The Balaban J connectivity index is 0. The van der Waals surface area contributed by atoms with Crippen LogP contribution in [0.2, 0.25) is 0 Å². The van der Waals surface area contributed by atoms with Crippen molar-refractivity contribution < 1.29 is 21.7 Å². The van der Waals surface area contributed by atoms with E-state index in [0.29, 0.717) is 0 Å². The Morgan fingerprint density at radius 3 is 0.500 bits per heavy atom. The van der Waals surface area contributed by atoms with Crippen LogP contribution in [-0.4, -0.2) is 0 Å². The molecule has 0 spiro atoms. The van der Waals surface area contributed by atoms with Gasteiger partial charge in [0.05, 0.1) is 0 Å². The summed E-state index contributed by atoms with van der Waals surface area (Å²) in [4.78, 5) is 0. The second kappa shape index (κ2) is 42.3. The Bertz CT molecular complexity index is 3.90. The average Bonchev–Trinajstić information content (AvgIpc) is 0. The molecule has 6 heavy (non-hydrogen) atoms. The quantitative estimate of drug-likeness (QED) is 0.497. The maximum atomic E-state index is 0. The third-order valence-electron chi connectivity index (χ3n) is 0. The summed E-state index contributed by atoms with van der Waals surface area (Å²) in [6, 6.07) is 0. The van der Waals surface area contributed by atoms with E-state index < -0.39 is 0 Å². The van der Waals surface area contributed by atoms with E-state index in [1.807, 2.05) is 0 Å². The average molecular weight is 451 g/mol. The Morgan fingerprint density at radius 2 is 0.500 bits per heavy atom. The van der Waals surface area contributed by atoms with Gasteiger partial charge in [-0.2, -0.15) is 0 Å². The van der Waals surface area contributed by atoms with Gasteiger partial charge in [0.2, 0.25) is 0 Å². The SMILES string of the molecule is Br.Br.Br.Br.[Br].[Ti]. The minimum absolute atomic E-state index is 0. The van der Waals surface area contributed by atoms with E-state index in [9.17, 15) is 0 Å². The first kappa shape index (κ1) is 61.9. The second-order valence-corrected chi connectivity index (χ2v) is 0. The van der Waals surface area contributed by atoms with Gasteiger partial charge in [0.25, 0.3) is 0 Å². The van der Waals surface area contributed by atoms with E-state index in [-0.39, 0.29) is 107 Å². The molecule has 0 atom stereocenters. The Labute approximate surface area is 105 Å². The second-order valence-electron chi connectivity index (χ2n) is 0. The van der Waals surface area contributed by atoms with Crippen LogP contribution >= 0.6 is 84.9 Å². The molecule has 0 aromatic carbocycles. The van der Waals surface area contributed by atoms with Gasteiger partial charge in [0, 0.05) is 38.7 Å². The summed E-state index contributed by atoms with van der Waals surface area (Å²) in [5.74, 6) is 0. The number of hydrogen-bond acceptors (Lipinski definition) is 0. The van der Waals surface area contributed by atoms with Crippen LogP contribution in [0, 0.1) is 0 Å². The third kappa shape index (κ3) is 27.4. The number of halogens is 5. The van der Waals surface area contributed by atoms with Crippen LogP contribution in [0.1, 0.15) is 0 Å². The van der Waals surface area contributed by atoms with Crippen LogP contribution in [0.4, 0.5) is 0 Å². The van der Waals surface area contributed by atoms with Crippen molar-refractivity contribution in [3.05, 3.63) is 0 Å². The van der Waals surface area contributed by atoms with Crippen molar-refractivity contribution in [2.75, 3.05) is 0 Å². The maximum absolute atomic E-state index is 0. The molecule has 0 nitrogen and oxygen atoms in total. The monoisotopic (exact) mass is 447 g/mol. The molecule has 0 aliphatic carbocycles. The molecule has 0 heterocycles. The molecule has 6 heteroatoms. The van der Waals surface area contributed by atoms with Gasteiger partial charge in [-0.05, 0) is 0 Å². The fraction of sp³-hybridized carbons (Fsp3) is 0. The fourth-order valence-electron chi connectivity index (χ4n) is 0. The molecule has 0 aliphatic heterocycles. The van der Waals surface area contributed by atoms with E-state index in [4.69, 9.17) is 0 Å². The summed E-state index contributed by atoms with van der Waals surface area (Å²) in [5.41, 5.74) is 0. The molecular formula is H4Br5Ti. The van der Waals surface area contributed by atoms with E-state index in [0.717, 1.165) is 0 Å². The predicted molar refractivity (Wildman–Crippen MR) is 50.2 cm³/mol. The molecule has 1 radical (unpaired) electrons. The molecule has 43 valence electrons. The standard InChI is InChI=1S/4BrH.Br.Ti/h4*1H;;. The molecule has 0 saturated carbocycles. The molecule has 0 fully saturated rings. The summed E-state index contributed by atoms with van der Waals surface area (Å²) >= 11 is 0. The summed E-state index contributed by atoms with van der Waals surface area (Å²) in [6.07, 6.45) is 0. The van der Waals surface area contributed by atoms with Crippen molar-refractivity contribution in [2.24, 2.45) is 0 Å². The molecule has 0 rings (SSSR count). The number of hydrogen-bond donors (Lipinski definition) is 0. The third-order valence-corrected chi connectivity index (χ3v) is 0. The molecule has 0 aromatic rings. The van der Waals surface area contributed by atoms with Gasteiger partial charge >= 0.3 is 0 Å². The topological polar surface area (TPSA) is 0 Å². The first-order valence-electron chi connectivity index (χ1n) is 0. The van der Waals surface area contributed by atoms with E-state index >= 15 is 0 Å². The van der Waals surface area contributed by atoms with E-state index in [1.54, 1.807) is 0 Å². The van der Waals surface area contributed by atoms with Gasteiger partial charge < -0.3 is 0 Å². The Kier molecular flexibility index (Phi) is 437. The van der Waals surface area contributed by atoms with Crippen LogP contribution in [0.5, 0.6) is 0 Å². The van der Waals surface area contributed by atoms with Crippen LogP contribution in [0.3, 0.4) is 0 Å². The van der Waals surface area contributed by atoms with E-state index in [2.05, 4.69) is 0 Å². The van der Waals surface area contributed by atoms with Crippen molar-refractivity contribution in [2.45, 2.75) is 0 Å². The summed E-state index contributed by atoms with van der Waals surface area (Å²) < 4.78 is 0. The van der Waals surface area contributed by atoms with Crippen LogP contribution in [-0.2, 0) is 21.7 Å². The molecule has 0 amide bonds. The smallest absolute Gasteiger partial charge is 0 e. The maximum Gasteiger partial charge on any atom is 0 e. The van der Waals surface area contributed by atoms with Gasteiger partial charge in [-0.1, -0.05) is 0 Å². The zero-order valence-corrected chi connectivity index (χ0v) is 12.5. The Morgan fingerprint density at radius 1 is 0.500 bits per heavy atom. The van der Waals surface area contributed by atoms with Gasteiger partial charge in [0.1, 0.15) is 0 Å². The molecule has 0 saturated heterocycles. The van der Waals surface area contributed by atoms with Crippen molar-refractivity contribution in [1.82, 2.24) is 0 Å². The Hall–Kier alpha value is 3.11. The van der Waals surface area contributed by atoms with Gasteiger partial charge in [-0.15, -0.1) is 67.9 Å². The molecule has 0 bridgehead atoms. The fourth-order valence-corrected chi connectivity index (χ4v) is 0. The van der Waals surface area contributed by atoms with Crippen molar-refractivity contribution >= 4 is 84.9 Å². The summed E-state index contributed by atoms with van der Waals surface area (Å²) in [7, 11) is 0. The van der Waals surface area contributed by atoms with Crippen molar-refractivity contribution in [1.29, 1.82) is 0 Å². The minimum Gasteiger partial charge on any atom is -0.114 e. The van der Waals surface area contributed by atoms with Gasteiger partial charge in [-0.3, -0.25) is 0 Å². The molecule has 0 unspecified atom stereocenters. The zero-order chi connectivity index (χ0) is 0. The van der Waals surface area contributed by atoms with Crippen LogP contribution in [0.15, 0.2) is 0 Å². The molecule has 0 N–H and O–H groups in total. The number of rotatable bonds is 0. The van der Waals surface area contributed by atoms with E-state index in [1.165, 1.54) is 0 Å². The molecule has 0 aromatic heterocycles.